The number of amides is 2. The van der Waals surface area contributed by atoms with Crippen LogP contribution < -0.4 is 20.7 Å². The lowest BCUT2D eigenvalue weighted by Gasteiger charge is -2.24. The van der Waals surface area contributed by atoms with Crippen LogP contribution in [0.2, 0.25) is 0 Å². The van der Waals surface area contributed by atoms with Crippen LogP contribution in [0.5, 0.6) is 11.6 Å². The van der Waals surface area contributed by atoms with Crippen molar-refractivity contribution < 1.29 is 23.6 Å². The highest BCUT2D eigenvalue weighted by atomic mass is 19.1. The molecule has 1 aromatic carbocycles. The molecule has 2 heterocycles. The minimum atomic E-state index is -0.765. The van der Waals surface area contributed by atoms with Crippen molar-refractivity contribution in [2.24, 2.45) is 5.73 Å². The molecule has 1 saturated heterocycles. The van der Waals surface area contributed by atoms with Gasteiger partial charge in [0.1, 0.15) is 23.9 Å². The van der Waals surface area contributed by atoms with Gasteiger partial charge < -0.3 is 20.7 Å². The molecule has 1 atom stereocenters. The summed E-state index contributed by atoms with van der Waals surface area (Å²) < 4.78 is 19.0. The third-order valence-electron chi connectivity index (χ3n) is 4.56. The van der Waals surface area contributed by atoms with Crippen LogP contribution >= 0.6 is 0 Å². The summed E-state index contributed by atoms with van der Waals surface area (Å²) in [4.78, 5) is 43.8. The number of rotatable bonds is 7. The SMILES string of the molecule is Cc1cc(Oc2ncnc(N3CCCC3C(=O)NCC(N)=O)c2[N+](=O)[O-])ccc1F. The molecule has 0 bridgehead atoms. The van der Waals surface area contributed by atoms with E-state index in [0.717, 1.165) is 6.33 Å². The quantitative estimate of drug-likeness (QED) is 0.502. The Morgan fingerprint density at radius 1 is 1.43 bits per heavy atom. The topological polar surface area (TPSA) is 154 Å². The Labute approximate surface area is 170 Å². The van der Waals surface area contributed by atoms with Gasteiger partial charge in [-0.2, -0.15) is 4.98 Å². The van der Waals surface area contributed by atoms with Gasteiger partial charge in [0.15, 0.2) is 0 Å². The van der Waals surface area contributed by atoms with Crippen molar-refractivity contribution in [2.45, 2.75) is 25.8 Å². The van der Waals surface area contributed by atoms with Gasteiger partial charge in [0.2, 0.25) is 17.6 Å². The van der Waals surface area contributed by atoms with Crippen LogP contribution in [-0.4, -0.2) is 45.8 Å². The number of hydrogen-bond acceptors (Lipinski definition) is 8. The first-order chi connectivity index (χ1) is 14.3. The molecule has 2 aromatic rings. The van der Waals surface area contributed by atoms with E-state index in [1.54, 1.807) is 0 Å². The monoisotopic (exact) mass is 418 g/mol. The minimum absolute atomic E-state index is 0.0828. The average Bonchev–Trinajstić information content (AvgIpc) is 3.18. The van der Waals surface area contributed by atoms with E-state index in [1.807, 2.05) is 0 Å². The average molecular weight is 418 g/mol. The van der Waals surface area contributed by atoms with Crippen LogP contribution in [0.1, 0.15) is 18.4 Å². The minimum Gasteiger partial charge on any atom is -0.434 e. The highest BCUT2D eigenvalue weighted by Crippen LogP contribution is 2.38. The van der Waals surface area contributed by atoms with Gasteiger partial charge in [0, 0.05) is 6.54 Å². The van der Waals surface area contributed by atoms with E-state index in [2.05, 4.69) is 15.3 Å². The Hall–Kier alpha value is -3.83. The van der Waals surface area contributed by atoms with E-state index in [9.17, 15) is 24.1 Å². The van der Waals surface area contributed by atoms with Crippen LogP contribution in [0.15, 0.2) is 24.5 Å². The number of nitrogens with two attached hydrogens (primary N) is 1. The summed E-state index contributed by atoms with van der Waals surface area (Å²) in [6, 6.07) is 3.12. The second-order valence-corrected chi connectivity index (χ2v) is 6.66. The van der Waals surface area contributed by atoms with Crippen molar-refractivity contribution in [3.8, 4) is 11.6 Å². The number of carbonyl (C=O) groups excluding carboxylic acids is 2. The number of ether oxygens (including phenoxy) is 1. The van der Waals surface area contributed by atoms with Crippen molar-refractivity contribution in [2.75, 3.05) is 18.0 Å². The zero-order valence-electron chi connectivity index (χ0n) is 16.0. The van der Waals surface area contributed by atoms with Crippen molar-refractivity contribution in [1.29, 1.82) is 0 Å². The van der Waals surface area contributed by atoms with E-state index in [1.165, 1.54) is 30.0 Å². The third-order valence-corrected chi connectivity index (χ3v) is 4.56. The molecule has 0 aliphatic carbocycles. The van der Waals surface area contributed by atoms with E-state index >= 15 is 0 Å². The Balaban J connectivity index is 1.93. The Bertz CT molecular complexity index is 1000. The summed E-state index contributed by atoms with van der Waals surface area (Å²) in [6.45, 7) is 1.52. The first kappa shape index (κ1) is 20.9. The number of nitrogens with one attached hydrogen (secondary N) is 1. The molecule has 1 fully saturated rings. The predicted molar refractivity (Wildman–Crippen MR) is 102 cm³/mol. The smallest absolute Gasteiger partial charge is 0.373 e. The highest BCUT2D eigenvalue weighted by Gasteiger charge is 2.38. The van der Waals surface area contributed by atoms with Crippen LogP contribution in [0.25, 0.3) is 0 Å². The molecule has 1 aliphatic rings. The van der Waals surface area contributed by atoms with Crippen molar-refractivity contribution in [1.82, 2.24) is 15.3 Å². The van der Waals surface area contributed by atoms with Gasteiger partial charge >= 0.3 is 11.6 Å². The fraction of sp³-hybridized carbons (Fsp3) is 0.333. The van der Waals surface area contributed by atoms with Gasteiger partial charge in [-0.15, -0.1) is 0 Å². The maximum atomic E-state index is 13.5. The number of primary amides is 1. The molecule has 1 unspecified atom stereocenters. The molecular weight excluding hydrogens is 399 g/mol. The summed E-state index contributed by atoms with van der Waals surface area (Å²) >= 11 is 0. The fourth-order valence-electron chi connectivity index (χ4n) is 3.18. The normalized spacial score (nSPS) is 15.7. The van der Waals surface area contributed by atoms with E-state index in [0.29, 0.717) is 24.9 Å². The maximum Gasteiger partial charge on any atom is 0.373 e. The Morgan fingerprint density at radius 3 is 2.87 bits per heavy atom. The number of carbonyl (C=O) groups is 2. The lowest BCUT2D eigenvalue weighted by molar-refractivity contribution is -0.385. The van der Waals surface area contributed by atoms with Crippen molar-refractivity contribution >= 4 is 23.3 Å². The van der Waals surface area contributed by atoms with Gasteiger partial charge in [-0.25, -0.2) is 9.37 Å². The fourth-order valence-corrected chi connectivity index (χ4v) is 3.18. The third kappa shape index (κ3) is 4.42. The van der Waals surface area contributed by atoms with Gasteiger partial charge in [-0.05, 0) is 43.5 Å². The largest absolute Gasteiger partial charge is 0.434 e. The zero-order valence-corrected chi connectivity index (χ0v) is 16.0. The summed E-state index contributed by atoms with van der Waals surface area (Å²) in [6.07, 6.45) is 2.09. The Kier molecular flexibility index (Phi) is 6.04. The predicted octanol–water partition coefficient (Wildman–Crippen LogP) is 1.19. The lowest BCUT2D eigenvalue weighted by Crippen LogP contribution is -2.46. The molecule has 3 N–H and O–H groups in total. The second-order valence-electron chi connectivity index (χ2n) is 6.66. The molecule has 0 saturated carbocycles. The van der Waals surface area contributed by atoms with Gasteiger partial charge in [-0.1, -0.05) is 0 Å². The number of halogens is 1. The number of nitro groups is 1. The summed E-state index contributed by atoms with van der Waals surface area (Å²) in [7, 11) is 0. The molecule has 158 valence electrons. The van der Waals surface area contributed by atoms with Crippen LogP contribution in [0, 0.1) is 22.9 Å². The molecule has 0 radical (unpaired) electrons. The molecule has 1 aromatic heterocycles. The molecule has 0 spiro atoms. The summed E-state index contributed by atoms with van der Waals surface area (Å²) in [5.74, 6) is -1.89. The van der Waals surface area contributed by atoms with E-state index in [-0.39, 0.29) is 24.0 Å². The molecule has 1 aliphatic heterocycles. The number of aryl methyl sites for hydroxylation is 1. The van der Waals surface area contributed by atoms with Crippen molar-refractivity contribution in [3.05, 3.63) is 46.0 Å². The zero-order chi connectivity index (χ0) is 21.8. The van der Waals surface area contributed by atoms with Crippen LogP contribution in [0.4, 0.5) is 15.9 Å². The van der Waals surface area contributed by atoms with Gasteiger partial charge in [0.05, 0.1) is 11.5 Å². The maximum absolute atomic E-state index is 13.5. The number of anilines is 1. The number of aromatic nitrogens is 2. The summed E-state index contributed by atoms with van der Waals surface area (Å²) in [5, 5.41) is 14.2. The van der Waals surface area contributed by atoms with Gasteiger partial charge in [-0.3, -0.25) is 19.7 Å². The number of hydrogen-bond donors (Lipinski definition) is 2. The molecule has 11 nitrogen and oxygen atoms in total. The summed E-state index contributed by atoms with van der Waals surface area (Å²) in [5.41, 5.74) is 4.83. The van der Waals surface area contributed by atoms with Crippen LogP contribution in [0.3, 0.4) is 0 Å². The number of benzene rings is 1. The first-order valence-corrected chi connectivity index (χ1v) is 9.04. The highest BCUT2D eigenvalue weighted by molar-refractivity contribution is 5.89. The second kappa shape index (κ2) is 8.68. The Morgan fingerprint density at radius 2 is 2.20 bits per heavy atom. The molecule has 30 heavy (non-hydrogen) atoms. The molecule has 2 amide bonds. The first-order valence-electron chi connectivity index (χ1n) is 9.04. The molecular formula is C18H19FN6O5. The standard InChI is InChI=1S/C18H19FN6O5/c1-10-7-11(4-5-12(10)19)30-18-15(25(28)29)16(22-9-23-18)24-6-2-3-13(24)17(27)21-8-14(20)26/h4-5,7,9,13H,2-3,6,8H2,1H3,(H2,20,26)(H,21,27). The molecule has 3 rings (SSSR count). The van der Waals surface area contributed by atoms with Crippen LogP contribution in [-0.2, 0) is 9.59 Å². The van der Waals surface area contributed by atoms with Gasteiger partial charge in [0.25, 0.3) is 0 Å². The van der Waals surface area contributed by atoms with Crippen molar-refractivity contribution in [3.63, 3.8) is 0 Å². The molecule has 12 heteroatoms. The number of nitrogens with zero attached hydrogens (tertiary/aromatic N) is 4. The van der Waals surface area contributed by atoms with E-state index < -0.39 is 34.3 Å². The van der Waals surface area contributed by atoms with E-state index in [4.69, 9.17) is 10.5 Å². The lowest BCUT2D eigenvalue weighted by atomic mass is 10.2.